The van der Waals surface area contributed by atoms with Crippen LogP contribution in [0.25, 0.3) is 0 Å². The molecule has 7 heteroatoms. The maximum atomic E-state index is 12.2. The van der Waals surface area contributed by atoms with Crippen LogP contribution in [0.3, 0.4) is 0 Å². The Morgan fingerprint density at radius 3 is 2.74 bits per heavy atom. The summed E-state index contributed by atoms with van der Waals surface area (Å²) in [6, 6.07) is 0. The third-order valence-corrected chi connectivity index (χ3v) is 3.51. The zero-order valence-corrected chi connectivity index (χ0v) is 10.8. The number of rotatable bonds is 2. The van der Waals surface area contributed by atoms with Crippen molar-refractivity contribution in [2.75, 3.05) is 20.1 Å². The van der Waals surface area contributed by atoms with Crippen molar-refractivity contribution in [3.05, 3.63) is 0 Å². The van der Waals surface area contributed by atoms with E-state index in [4.69, 9.17) is 5.11 Å². The van der Waals surface area contributed by atoms with Crippen molar-refractivity contribution in [3.8, 4) is 0 Å². The molecule has 104 valence electrons. The average molecular weight is 267 g/mol. The van der Waals surface area contributed by atoms with Crippen LogP contribution in [0.2, 0.25) is 0 Å². The molecule has 0 radical (unpaired) electrons. The topological polar surface area (TPSA) is 90.3 Å². The summed E-state index contributed by atoms with van der Waals surface area (Å²) in [5.74, 6) is -1.72. The van der Waals surface area contributed by atoms with Gasteiger partial charge in [0.25, 0.3) is 5.91 Å². The molecule has 2 aliphatic heterocycles. The Morgan fingerprint density at radius 2 is 2.11 bits per heavy atom. The second-order valence-corrected chi connectivity index (χ2v) is 4.89. The minimum absolute atomic E-state index is 0.112. The summed E-state index contributed by atoms with van der Waals surface area (Å²) in [5, 5.41) is 14.1. The zero-order chi connectivity index (χ0) is 14.0. The Morgan fingerprint density at radius 1 is 1.37 bits per heavy atom. The fourth-order valence-electron chi connectivity index (χ4n) is 2.37. The number of nitrogens with zero attached hydrogens (tertiary/aromatic N) is 3. The number of hydrogen-bond acceptors (Lipinski definition) is 4. The number of hydrogen-bond donors (Lipinski definition) is 1. The highest BCUT2D eigenvalue weighted by molar-refractivity contribution is 6.39. The maximum Gasteiger partial charge on any atom is 0.308 e. The normalized spacial score (nSPS) is 24.2. The zero-order valence-electron chi connectivity index (χ0n) is 10.8. The van der Waals surface area contributed by atoms with Gasteiger partial charge in [-0.05, 0) is 12.8 Å². The molecule has 2 aliphatic rings. The van der Waals surface area contributed by atoms with Gasteiger partial charge in [-0.3, -0.25) is 14.4 Å². The molecular weight excluding hydrogens is 250 g/mol. The van der Waals surface area contributed by atoms with E-state index < -0.39 is 11.9 Å². The van der Waals surface area contributed by atoms with Gasteiger partial charge in [-0.25, -0.2) is 5.01 Å². The molecule has 0 bridgehead atoms. The molecule has 0 spiro atoms. The molecule has 0 unspecified atom stereocenters. The number of likely N-dealkylation sites (tertiary alicyclic amines) is 1. The summed E-state index contributed by atoms with van der Waals surface area (Å²) in [6.07, 6.45) is 1.89. The van der Waals surface area contributed by atoms with Gasteiger partial charge in [-0.2, -0.15) is 5.10 Å². The van der Waals surface area contributed by atoms with E-state index in [9.17, 15) is 14.4 Å². The highest BCUT2D eigenvalue weighted by atomic mass is 16.4. The minimum Gasteiger partial charge on any atom is -0.481 e. The molecule has 2 amide bonds. The predicted octanol–water partition coefficient (Wildman–Crippen LogP) is -0.0822. The summed E-state index contributed by atoms with van der Waals surface area (Å²) in [6.45, 7) is 0.782. The smallest absolute Gasteiger partial charge is 0.308 e. The monoisotopic (exact) mass is 267 g/mol. The first-order valence-corrected chi connectivity index (χ1v) is 6.35. The van der Waals surface area contributed by atoms with Crippen molar-refractivity contribution in [3.63, 3.8) is 0 Å². The highest BCUT2D eigenvalue weighted by Crippen LogP contribution is 2.18. The van der Waals surface area contributed by atoms with Gasteiger partial charge in [0.15, 0.2) is 0 Å². The van der Waals surface area contributed by atoms with Gasteiger partial charge < -0.3 is 10.0 Å². The van der Waals surface area contributed by atoms with Crippen LogP contribution in [0, 0.1) is 5.92 Å². The molecule has 1 saturated heterocycles. The first-order chi connectivity index (χ1) is 8.99. The average Bonchev–Trinajstić information content (AvgIpc) is 2.41. The van der Waals surface area contributed by atoms with Crippen molar-refractivity contribution in [2.24, 2.45) is 11.0 Å². The molecule has 0 aliphatic carbocycles. The summed E-state index contributed by atoms with van der Waals surface area (Å²) in [7, 11) is 1.52. The van der Waals surface area contributed by atoms with Crippen LogP contribution in [0.1, 0.15) is 25.7 Å². The second kappa shape index (κ2) is 5.38. The number of carbonyl (C=O) groups excluding carboxylic acids is 2. The Bertz CT molecular complexity index is 446. The van der Waals surface area contributed by atoms with Crippen LogP contribution < -0.4 is 0 Å². The van der Waals surface area contributed by atoms with E-state index in [1.165, 1.54) is 17.0 Å². The van der Waals surface area contributed by atoms with Crippen LogP contribution in [0.4, 0.5) is 0 Å². The van der Waals surface area contributed by atoms with E-state index in [-0.39, 0.29) is 24.8 Å². The molecule has 0 saturated carbocycles. The Labute approximate surface area is 110 Å². The lowest BCUT2D eigenvalue weighted by molar-refractivity contribution is -0.144. The molecule has 1 atom stereocenters. The highest BCUT2D eigenvalue weighted by Gasteiger charge is 2.31. The summed E-state index contributed by atoms with van der Waals surface area (Å²) in [4.78, 5) is 36.0. The van der Waals surface area contributed by atoms with E-state index in [0.717, 1.165) is 0 Å². The molecular formula is C12H17N3O4. The fourth-order valence-corrected chi connectivity index (χ4v) is 2.37. The third-order valence-electron chi connectivity index (χ3n) is 3.51. The minimum atomic E-state index is -0.865. The predicted molar refractivity (Wildman–Crippen MR) is 66.4 cm³/mol. The number of carbonyl (C=O) groups is 3. The lowest BCUT2D eigenvalue weighted by atomic mass is 9.97. The fraction of sp³-hybridized carbons (Fsp3) is 0.667. The van der Waals surface area contributed by atoms with E-state index in [2.05, 4.69) is 5.10 Å². The van der Waals surface area contributed by atoms with Crippen LogP contribution in [-0.2, 0) is 14.4 Å². The summed E-state index contributed by atoms with van der Waals surface area (Å²) in [5.41, 5.74) is 0.341. The van der Waals surface area contributed by atoms with Crippen molar-refractivity contribution in [1.29, 1.82) is 0 Å². The molecule has 0 aromatic carbocycles. The third kappa shape index (κ3) is 2.91. The van der Waals surface area contributed by atoms with Crippen molar-refractivity contribution in [1.82, 2.24) is 9.91 Å². The molecule has 2 heterocycles. The molecule has 0 aromatic rings. The van der Waals surface area contributed by atoms with E-state index in [1.54, 1.807) is 0 Å². The lowest BCUT2D eigenvalue weighted by Crippen LogP contribution is -2.46. The van der Waals surface area contributed by atoms with Gasteiger partial charge in [-0.1, -0.05) is 0 Å². The van der Waals surface area contributed by atoms with Crippen LogP contribution in [0.5, 0.6) is 0 Å². The van der Waals surface area contributed by atoms with Crippen molar-refractivity contribution < 1.29 is 19.5 Å². The van der Waals surface area contributed by atoms with Gasteiger partial charge in [0.05, 0.1) is 5.92 Å². The molecule has 1 fully saturated rings. The largest absolute Gasteiger partial charge is 0.481 e. The first kappa shape index (κ1) is 13.5. The summed E-state index contributed by atoms with van der Waals surface area (Å²) < 4.78 is 0. The van der Waals surface area contributed by atoms with E-state index in [1.807, 2.05) is 0 Å². The number of aliphatic carboxylic acids is 1. The second-order valence-electron chi connectivity index (χ2n) is 4.89. The number of carboxylic acid groups (broad SMARTS) is 1. The van der Waals surface area contributed by atoms with Gasteiger partial charge in [0.1, 0.15) is 5.71 Å². The van der Waals surface area contributed by atoms with E-state index in [0.29, 0.717) is 31.5 Å². The Kier molecular flexibility index (Phi) is 3.82. The number of carboxylic acids is 1. The van der Waals surface area contributed by atoms with Gasteiger partial charge in [0.2, 0.25) is 5.91 Å². The molecule has 19 heavy (non-hydrogen) atoms. The van der Waals surface area contributed by atoms with Crippen molar-refractivity contribution in [2.45, 2.75) is 25.7 Å². The summed E-state index contributed by atoms with van der Waals surface area (Å²) >= 11 is 0. The lowest BCUT2D eigenvalue weighted by Gasteiger charge is -2.32. The SMILES string of the molecule is CN1N=C(C(=O)N2CCC[C@H](C(=O)O)C2)CCC1=O. The van der Waals surface area contributed by atoms with Gasteiger partial charge in [0, 0.05) is 33.0 Å². The van der Waals surface area contributed by atoms with E-state index >= 15 is 0 Å². The standard InChI is InChI=1S/C12H17N3O4/c1-14-10(16)5-4-9(13-14)11(17)15-6-2-3-8(7-15)12(18)19/h8H,2-7H2,1H3,(H,18,19)/t8-/m0/s1. The quantitative estimate of drug-likeness (QED) is 0.757. The van der Waals surface area contributed by atoms with Crippen LogP contribution in [-0.4, -0.2) is 58.6 Å². The van der Waals surface area contributed by atoms with Crippen LogP contribution >= 0.6 is 0 Å². The van der Waals surface area contributed by atoms with Crippen molar-refractivity contribution >= 4 is 23.5 Å². The van der Waals surface area contributed by atoms with Gasteiger partial charge in [-0.15, -0.1) is 0 Å². The maximum absolute atomic E-state index is 12.2. The molecule has 2 rings (SSSR count). The van der Waals surface area contributed by atoms with Gasteiger partial charge >= 0.3 is 5.97 Å². The number of hydrazone groups is 1. The van der Waals surface area contributed by atoms with Crippen LogP contribution in [0.15, 0.2) is 5.10 Å². The number of amides is 2. The Hall–Kier alpha value is -1.92. The molecule has 0 aromatic heterocycles. The first-order valence-electron chi connectivity index (χ1n) is 6.35. The Balaban J connectivity index is 2.05. The molecule has 7 nitrogen and oxygen atoms in total. The number of piperidine rings is 1. The molecule has 1 N–H and O–H groups in total.